The molecule has 1 N–H and O–H groups in total. The van der Waals surface area contributed by atoms with Crippen LogP contribution in [0.1, 0.15) is 70.6 Å². The summed E-state index contributed by atoms with van der Waals surface area (Å²) < 4.78 is 6.11. The molecule has 2 heterocycles. The Kier molecular flexibility index (Phi) is 5.95. The largest absolute Gasteiger partial charge is 0.450 e. The highest BCUT2D eigenvalue weighted by molar-refractivity contribution is 5.99. The molecule has 32 heavy (non-hydrogen) atoms. The van der Waals surface area contributed by atoms with Crippen LogP contribution in [0.2, 0.25) is 0 Å². The Balaban J connectivity index is 1.88. The van der Waals surface area contributed by atoms with Gasteiger partial charge in [-0.15, -0.1) is 0 Å². The van der Waals surface area contributed by atoms with Gasteiger partial charge in [-0.05, 0) is 54.2 Å². The number of quaternary nitrogens is 1. The van der Waals surface area contributed by atoms with Crippen molar-refractivity contribution in [1.82, 2.24) is 4.90 Å². The molecule has 0 saturated heterocycles. The summed E-state index contributed by atoms with van der Waals surface area (Å²) in [7, 11) is 4.20. The fourth-order valence-corrected chi connectivity index (χ4v) is 4.52. The zero-order chi connectivity index (χ0) is 23.2. The van der Waals surface area contributed by atoms with Gasteiger partial charge in [0.25, 0.3) is 5.91 Å². The first-order valence-corrected chi connectivity index (χ1v) is 11.5. The van der Waals surface area contributed by atoms with Gasteiger partial charge in [-0.3, -0.25) is 9.59 Å². The second kappa shape index (κ2) is 8.55. The summed E-state index contributed by atoms with van der Waals surface area (Å²) >= 11 is 0. The van der Waals surface area contributed by atoms with Crippen LogP contribution in [0.5, 0.6) is 0 Å². The number of nitrogens with zero attached hydrogens (tertiary/aromatic N) is 1. The summed E-state index contributed by atoms with van der Waals surface area (Å²) in [6.07, 6.45) is 0.856. The molecule has 1 aromatic heterocycles. The number of benzene rings is 2. The molecule has 4 rings (SSSR count). The lowest BCUT2D eigenvalue weighted by molar-refractivity contribution is -0.858. The summed E-state index contributed by atoms with van der Waals surface area (Å²) in [5.74, 6) is 0.422. The van der Waals surface area contributed by atoms with Crippen LogP contribution in [0.4, 0.5) is 0 Å². The number of carbonyl (C=O) groups excluding carboxylic acids is 1. The van der Waals surface area contributed by atoms with Gasteiger partial charge >= 0.3 is 0 Å². The fraction of sp³-hybridized carbons (Fsp3) is 0.407. The molecule has 0 aliphatic carbocycles. The normalized spacial score (nSPS) is 15.9. The second-order valence-electron chi connectivity index (χ2n) is 9.64. The minimum absolute atomic E-state index is 0.101. The van der Waals surface area contributed by atoms with E-state index in [-0.39, 0.29) is 17.1 Å². The molecule has 168 valence electrons. The van der Waals surface area contributed by atoms with Gasteiger partial charge in [0, 0.05) is 13.0 Å². The predicted octanol–water partition coefficient (Wildman–Crippen LogP) is 3.61. The molecular weight excluding hydrogens is 400 g/mol. The van der Waals surface area contributed by atoms with E-state index in [0.717, 1.165) is 29.7 Å². The van der Waals surface area contributed by atoms with Crippen molar-refractivity contribution >= 4 is 16.9 Å². The first-order chi connectivity index (χ1) is 15.2. The Hall–Kier alpha value is -2.92. The zero-order valence-electron chi connectivity index (χ0n) is 19.9. The molecule has 5 nitrogen and oxygen atoms in total. The summed E-state index contributed by atoms with van der Waals surface area (Å²) in [5, 5.41) is 0.544. The standard InChI is InChI=1S/C27H32N2O3/c1-16(2)19-8-10-20(11-9-19)24-23-25(30)21-14-17(3)18(4)15-22(21)32-26(23)27(31)29(24)13-7-12-28(5)6/h8-11,14-16,24H,7,12-13H2,1-6H3/p+1. The Labute approximate surface area is 189 Å². The van der Waals surface area contributed by atoms with Crippen molar-refractivity contribution in [3.8, 4) is 0 Å². The third kappa shape index (κ3) is 3.86. The van der Waals surface area contributed by atoms with Crippen LogP contribution in [-0.4, -0.2) is 38.0 Å². The maximum atomic E-state index is 13.7. The minimum atomic E-state index is -0.418. The SMILES string of the molecule is Cc1cc2oc3c(c(=O)c2cc1C)C(c1ccc(C(C)C)cc1)N(CCC[NH+](C)C)C3=O. The number of aryl methyl sites for hydroxylation is 2. The van der Waals surface area contributed by atoms with E-state index in [9.17, 15) is 9.59 Å². The lowest BCUT2D eigenvalue weighted by Crippen LogP contribution is -3.05. The van der Waals surface area contributed by atoms with Gasteiger partial charge < -0.3 is 14.2 Å². The van der Waals surface area contributed by atoms with E-state index in [4.69, 9.17) is 4.42 Å². The molecule has 1 amide bonds. The highest BCUT2D eigenvalue weighted by Crippen LogP contribution is 2.38. The maximum Gasteiger partial charge on any atom is 0.290 e. The summed E-state index contributed by atoms with van der Waals surface area (Å²) in [4.78, 5) is 30.3. The van der Waals surface area contributed by atoms with Crippen molar-refractivity contribution in [2.24, 2.45) is 0 Å². The number of amides is 1. The average molecular weight is 434 g/mol. The smallest absolute Gasteiger partial charge is 0.290 e. The van der Waals surface area contributed by atoms with Gasteiger partial charge in [0.1, 0.15) is 5.58 Å². The first-order valence-electron chi connectivity index (χ1n) is 11.5. The van der Waals surface area contributed by atoms with Gasteiger partial charge in [-0.25, -0.2) is 0 Å². The Morgan fingerprint density at radius 1 is 1.03 bits per heavy atom. The predicted molar refractivity (Wildman–Crippen MR) is 128 cm³/mol. The molecular formula is C27H33N2O3+. The molecule has 0 spiro atoms. The Bertz CT molecular complexity index is 1220. The summed E-state index contributed by atoms with van der Waals surface area (Å²) in [6, 6.07) is 11.6. The fourth-order valence-electron chi connectivity index (χ4n) is 4.52. The van der Waals surface area contributed by atoms with Crippen LogP contribution in [0.3, 0.4) is 0 Å². The van der Waals surface area contributed by atoms with Gasteiger partial charge in [0.15, 0.2) is 5.43 Å². The summed E-state index contributed by atoms with van der Waals surface area (Å²) in [5.41, 5.74) is 5.12. The third-order valence-electron chi connectivity index (χ3n) is 6.58. The molecule has 0 saturated carbocycles. The topological polar surface area (TPSA) is 55.0 Å². The second-order valence-corrected chi connectivity index (χ2v) is 9.64. The lowest BCUT2D eigenvalue weighted by atomic mass is 9.95. The van der Waals surface area contributed by atoms with Crippen LogP contribution in [0.25, 0.3) is 11.0 Å². The number of fused-ring (bicyclic) bond motifs is 2. The van der Waals surface area contributed by atoms with E-state index < -0.39 is 6.04 Å². The van der Waals surface area contributed by atoms with Crippen molar-refractivity contribution in [2.75, 3.05) is 27.2 Å². The minimum Gasteiger partial charge on any atom is -0.450 e. The Morgan fingerprint density at radius 3 is 2.31 bits per heavy atom. The molecule has 0 bridgehead atoms. The first kappa shape index (κ1) is 22.3. The number of carbonyl (C=O) groups is 1. The van der Waals surface area contributed by atoms with Gasteiger partial charge in [0.05, 0.1) is 37.6 Å². The molecule has 1 unspecified atom stereocenters. The van der Waals surface area contributed by atoms with E-state index in [1.807, 2.05) is 30.9 Å². The molecule has 3 aromatic rings. The number of hydrogen-bond donors (Lipinski definition) is 1. The van der Waals surface area contributed by atoms with Crippen LogP contribution in [0, 0.1) is 13.8 Å². The van der Waals surface area contributed by atoms with Gasteiger partial charge in [-0.1, -0.05) is 38.1 Å². The van der Waals surface area contributed by atoms with Crippen molar-refractivity contribution < 1.29 is 14.1 Å². The van der Waals surface area contributed by atoms with Crippen LogP contribution >= 0.6 is 0 Å². The maximum absolute atomic E-state index is 13.7. The molecule has 2 aromatic carbocycles. The van der Waals surface area contributed by atoms with E-state index in [2.05, 4.69) is 52.2 Å². The van der Waals surface area contributed by atoms with Crippen LogP contribution in [0.15, 0.2) is 45.6 Å². The van der Waals surface area contributed by atoms with Crippen LogP contribution in [-0.2, 0) is 0 Å². The number of hydrogen-bond acceptors (Lipinski definition) is 3. The third-order valence-corrected chi connectivity index (χ3v) is 6.58. The molecule has 5 heteroatoms. The molecule has 1 atom stereocenters. The Morgan fingerprint density at radius 2 is 1.69 bits per heavy atom. The quantitative estimate of drug-likeness (QED) is 0.646. The van der Waals surface area contributed by atoms with E-state index >= 15 is 0 Å². The van der Waals surface area contributed by atoms with Crippen LogP contribution < -0.4 is 10.3 Å². The average Bonchev–Trinajstić information content (AvgIpc) is 3.02. The van der Waals surface area contributed by atoms with E-state index in [0.29, 0.717) is 29.0 Å². The molecule has 0 fully saturated rings. The molecule has 0 radical (unpaired) electrons. The van der Waals surface area contributed by atoms with Crippen molar-refractivity contribution in [3.63, 3.8) is 0 Å². The van der Waals surface area contributed by atoms with Crippen molar-refractivity contribution in [1.29, 1.82) is 0 Å². The number of nitrogens with one attached hydrogen (secondary N) is 1. The van der Waals surface area contributed by atoms with E-state index in [1.54, 1.807) is 0 Å². The van der Waals surface area contributed by atoms with Crippen molar-refractivity contribution in [3.05, 3.63) is 80.2 Å². The lowest BCUT2D eigenvalue weighted by Gasteiger charge is -2.25. The summed E-state index contributed by atoms with van der Waals surface area (Å²) in [6.45, 7) is 9.82. The molecule has 1 aliphatic rings. The zero-order valence-corrected chi connectivity index (χ0v) is 19.9. The van der Waals surface area contributed by atoms with Gasteiger partial charge in [0.2, 0.25) is 5.76 Å². The molecule has 1 aliphatic heterocycles. The van der Waals surface area contributed by atoms with Crippen molar-refractivity contribution in [2.45, 2.75) is 46.1 Å². The van der Waals surface area contributed by atoms with E-state index in [1.165, 1.54) is 10.5 Å². The van der Waals surface area contributed by atoms with Gasteiger partial charge in [-0.2, -0.15) is 0 Å². The highest BCUT2D eigenvalue weighted by atomic mass is 16.3. The number of rotatable bonds is 6. The highest BCUT2D eigenvalue weighted by Gasteiger charge is 2.42. The monoisotopic (exact) mass is 433 g/mol.